The lowest BCUT2D eigenvalue weighted by Crippen LogP contribution is -2.07. The Morgan fingerprint density at radius 1 is 1.09 bits per heavy atom. The third-order valence-electron chi connectivity index (χ3n) is 5.19. The van der Waals surface area contributed by atoms with Gasteiger partial charge in [0.2, 0.25) is 0 Å². The molecule has 0 spiro atoms. The number of anilines is 2. The van der Waals surface area contributed by atoms with Crippen molar-refractivity contribution >= 4 is 37.8 Å². The van der Waals surface area contributed by atoms with Gasteiger partial charge in [0.25, 0.3) is 10.1 Å². The minimum atomic E-state index is -4.47. The van der Waals surface area contributed by atoms with Crippen LogP contribution in [-0.4, -0.2) is 23.2 Å². The molecule has 1 aliphatic rings. The third-order valence-corrected chi connectivity index (χ3v) is 6.08. The van der Waals surface area contributed by atoms with Gasteiger partial charge in [-0.3, -0.25) is 9.98 Å². The van der Waals surface area contributed by atoms with Crippen LogP contribution in [0, 0.1) is 5.41 Å². The van der Waals surface area contributed by atoms with Crippen LogP contribution < -0.4 is 16.5 Å². The SMILES string of the molecule is CC1(C)C=CC=C(c2ccc(=NNc3cc(S(=O)(=O)O)c4ccccc4c3N)cnn2)C=C1. The highest BCUT2D eigenvalue weighted by molar-refractivity contribution is 7.86. The quantitative estimate of drug-likeness (QED) is 0.305. The van der Waals surface area contributed by atoms with Gasteiger partial charge in [0, 0.05) is 21.8 Å². The zero-order valence-corrected chi connectivity index (χ0v) is 18.9. The van der Waals surface area contributed by atoms with Gasteiger partial charge in [-0.15, -0.1) is 0 Å². The van der Waals surface area contributed by atoms with E-state index < -0.39 is 10.1 Å². The lowest BCUT2D eigenvalue weighted by molar-refractivity contribution is 0.484. The van der Waals surface area contributed by atoms with Crippen LogP contribution >= 0.6 is 0 Å². The largest absolute Gasteiger partial charge is 0.396 e. The van der Waals surface area contributed by atoms with Crippen LogP contribution in [0.15, 0.2) is 89.0 Å². The van der Waals surface area contributed by atoms with Crippen molar-refractivity contribution in [3.8, 4) is 0 Å². The number of allylic oxidation sites excluding steroid dienone is 6. The van der Waals surface area contributed by atoms with Crippen LogP contribution in [0.1, 0.15) is 19.5 Å². The molecule has 3 aromatic rings. The van der Waals surface area contributed by atoms with Crippen LogP contribution in [0.25, 0.3) is 16.3 Å². The fourth-order valence-electron chi connectivity index (χ4n) is 3.39. The summed E-state index contributed by atoms with van der Waals surface area (Å²) < 4.78 is 33.5. The van der Waals surface area contributed by atoms with Crippen LogP contribution in [-0.2, 0) is 10.1 Å². The molecular weight excluding hydrogens is 438 g/mol. The van der Waals surface area contributed by atoms with Crippen molar-refractivity contribution in [3.05, 3.63) is 90.1 Å². The first kappa shape index (κ1) is 22.4. The van der Waals surface area contributed by atoms with Gasteiger partial charge in [0.05, 0.1) is 23.3 Å². The Labute approximate surface area is 191 Å². The first-order chi connectivity index (χ1) is 15.6. The van der Waals surface area contributed by atoms with E-state index in [0.29, 0.717) is 27.5 Å². The van der Waals surface area contributed by atoms with E-state index in [1.165, 1.54) is 12.3 Å². The van der Waals surface area contributed by atoms with Crippen LogP contribution in [0.3, 0.4) is 0 Å². The van der Waals surface area contributed by atoms with Gasteiger partial charge in [-0.2, -0.15) is 23.7 Å². The number of hydrogen-bond acceptors (Lipinski definition) is 7. The summed E-state index contributed by atoms with van der Waals surface area (Å²) in [4.78, 5) is -0.256. The molecule has 9 heteroatoms. The van der Waals surface area contributed by atoms with Crippen molar-refractivity contribution in [1.29, 1.82) is 0 Å². The number of hydrogen-bond donors (Lipinski definition) is 3. The molecule has 2 aromatic carbocycles. The van der Waals surface area contributed by atoms with Crippen molar-refractivity contribution < 1.29 is 13.0 Å². The monoisotopic (exact) mass is 461 g/mol. The molecule has 0 saturated carbocycles. The second-order valence-corrected chi connectivity index (χ2v) is 9.59. The molecule has 0 amide bonds. The molecule has 0 fully saturated rings. The third kappa shape index (κ3) is 5.00. The summed E-state index contributed by atoms with van der Waals surface area (Å²) in [5, 5.41) is 13.9. The number of fused-ring (bicyclic) bond motifs is 1. The summed E-state index contributed by atoms with van der Waals surface area (Å²) in [5.41, 5.74) is 11.1. The van der Waals surface area contributed by atoms with Gasteiger partial charge in [-0.25, -0.2) is 0 Å². The lowest BCUT2D eigenvalue weighted by Gasteiger charge is -2.12. The molecule has 1 aromatic heterocycles. The van der Waals surface area contributed by atoms with Crippen LogP contribution in [0.5, 0.6) is 0 Å². The molecule has 0 radical (unpaired) electrons. The van der Waals surface area contributed by atoms with E-state index in [2.05, 4.69) is 46.7 Å². The fraction of sp³-hybridized carbons (Fsp3) is 0.125. The minimum absolute atomic E-state index is 0.0479. The number of nitrogen functional groups attached to an aromatic ring is 1. The van der Waals surface area contributed by atoms with Crippen LogP contribution in [0.4, 0.5) is 11.4 Å². The van der Waals surface area contributed by atoms with Gasteiger partial charge < -0.3 is 5.73 Å². The van der Waals surface area contributed by atoms with E-state index in [1.807, 2.05) is 18.2 Å². The average molecular weight is 462 g/mol. The standard InChI is InChI=1S/C24H23N5O3S/c1-24(2)12-5-6-16(11-13-24)20-10-9-17(15-26-28-20)27-29-21-14-22(33(30,31)32)18-7-3-4-8-19(18)23(21)25/h3-15,29H,25H2,1-2H3,(H,30,31,32). The second-order valence-electron chi connectivity index (χ2n) is 8.20. The van der Waals surface area contributed by atoms with Crippen molar-refractivity contribution in [2.45, 2.75) is 18.7 Å². The number of nitrogens with zero attached hydrogens (tertiary/aromatic N) is 3. The Morgan fingerprint density at radius 2 is 1.85 bits per heavy atom. The molecule has 168 valence electrons. The normalized spacial score (nSPS) is 15.8. The van der Waals surface area contributed by atoms with E-state index in [0.717, 1.165) is 5.57 Å². The topological polar surface area (TPSA) is 131 Å². The summed E-state index contributed by atoms with van der Waals surface area (Å²) in [5.74, 6) is 0. The summed E-state index contributed by atoms with van der Waals surface area (Å²) in [6, 6.07) is 11.4. The Morgan fingerprint density at radius 3 is 2.61 bits per heavy atom. The van der Waals surface area contributed by atoms with E-state index in [-0.39, 0.29) is 16.0 Å². The molecule has 0 atom stereocenters. The molecule has 4 rings (SSSR count). The second kappa shape index (κ2) is 8.61. The average Bonchev–Trinajstić information content (AvgIpc) is 3.10. The van der Waals surface area contributed by atoms with Gasteiger partial charge >= 0.3 is 0 Å². The predicted molar refractivity (Wildman–Crippen MR) is 129 cm³/mol. The Balaban J connectivity index is 1.71. The maximum absolute atomic E-state index is 11.9. The molecule has 1 aliphatic carbocycles. The molecule has 4 N–H and O–H groups in total. The number of nitrogens with two attached hydrogens (primary N) is 1. The van der Waals surface area contributed by atoms with Crippen molar-refractivity contribution in [2.75, 3.05) is 11.2 Å². The Bertz CT molecular complexity index is 1510. The van der Waals surface area contributed by atoms with E-state index in [9.17, 15) is 13.0 Å². The Hall–Kier alpha value is -3.82. The molecule has 33 heavy (non-hydrogen) atoms. The predicted octanol–water partition coefficient (Wildman–Crippen LogP) is 3.92. The molecule has 0 unspecified atom stereocenters. The summed E-state index contributed by atoms with van der Waals surface area (Å²) in [6.45, 7) is 4.23. The molecule has 0 saturated heterocycles. The zero-order chi connectivity index (χ0) is 23.6. The lowest BCUT2D eigenvalue weighted by atomic mass is 9.93. The summed E-state index contributed by atoms with van der Waals surface area (Å²) >= 11 is 0. The van der Waals surface area contributed by atoms with E-state index in [1.54, 1.807) is 36.4 Å². The number of aromatic nitrogens is 2. The zero-order valence-electron chi connectivity index (χ0n) is 18.1. The number of nitrogens with one attached hydrogen (secondary N) is 1. The van der Waals surface area contributed by atoms with Gasteiger partial charge in [0.1, 0.15) is 10.3 Å². The van der Waals surface area contributed by atoms with Gasteiger partial charge in [-0.1, -0.05) is 68.5 Å². The maximum Gasteiger partial charge on any atom is 0.295 e. The van der Waals surface area contributed by atoms with Crippen molar-refractivity contribution in [3.63, 3.8) is 0 Å². The maximum atomic E-state index is 11.9. The van der Waals surface area contributed by atoms with Crippen LogP contribution in [0.2, 0.25) is 0 Å². The van der Waals surface area contributed by atoms with Gasteiger partial charge in [-0.05, 0) is 18.2 Å². The fourth-order valence-corrected chi connectivity index (χ4v) is 4.12. The van der Waals surface area contributed by atoms with Gasteiger partial charge in [0.15, 0.2) is 0 Å². The highest BCUT2D eigenvalue weighted by Crippen LogP contribution is 2.34. The molecule has 0 aliphatic heterocycles. The molecule has 1 heterocycles. The summed E-state index contributed by atoms with van der Waals surface area (Å²) in [6.07, 6.45) is 11.6. The molecule has 0 bridgehead atoms. The Kier molecular flexibility index (Phi) is 5.84. The molecule has 8 nitrogen and oxygen atoms in total. The summed E-state index contributed by atoms with van der Waals surface area (Å²) in [7, 11) is -4.47. The highest BCUT2D eigenvalue weighted by atomic mass is 32.2. The van der Waals surface area contributed by atoms with Crippen molar-refractivity contribution in [2.24, 2.45) is 10.5 Å². The number of benzene rings is 2. The highest BCUT2D eigenvalue weighted by Gasteiger charge is 2.18. The molecular formula is C24H23N5O3S. The van der Waals surface area contributed by atoms with E-state index >= 15 is 0 Å². The van der Waals surface area contributed by atoms with Crippen molar-refractivity contribution in [1.82, 2.24) is 10.2 Å². The minimum Gasteiger partial charge on any atom is -0.396 e. The smallest absolute Gasteiger partial charge is 0.295 e. The number of rotatable bonds is 4. The first-order valence-electron chi connectivity index (χ1n) is 10.1. The first-order valence-corrected chi connectivity index (χ1v) is 11.6. The van der Waals surface area contributed by atoms with E-state index in [4.69, 9.17) is 5.73 Å².